The highest BCUT2D eigenvalue weighted by atomic mass is 32.2. The average molecular weight is 471 g/mol. The third kappa shape index (κ3) is 3.96. The Balaban J connectivity index is 1.74. The highest BCUT2D eigenvalue weighted by Gasteiger charge is 2.61. The molecule has 172 valence electrons. The van der Waals surface area contributed by atoms with Gasteiger partial charge in [0, 0.05) is 12.5 Å². The van der Waals surface area contributed by atoms with Gasteiger partial charge in [-0.05, 0) is 19.1 Å². The molecule has 2 aromatic heterocycles. The van der Waals surface area contributed by atoms with Gasteiger partial charge in [0.1, 0.15) is 11.7 Å². The Morgan fingerprint density at radius 3 is 2.55 bits per heavy atom. The van der Waals surface area contributed by atoms with Crippen LogP contribution in [0.15, 0.2) is 43.0 Å². The van der Waals surface area contributed by atoms with Crippen LogP contribution in [0.5, 0.6) is 0 Å². The Bertz CT molecular complexity index is 1220. The maximum absolute atomic E-state index is 12.6. The summed E-state index contributed by atoms with van der Waals surface area (Å²) in [7, 11) is 0. The van der Waals surface area contributed by atoms with E-state index < -0.39 is 46.6 Å². The third-order valence-corrected chi connectivity index (χ3v) is 6.96. The molecule has 4 atom stereocenters. The highest BCUT2D eigenvalue weighted by molar-refractivity contribution is 8.00. The number of hydrogen-bond donors (Lipinski definition) is 3. The molecule has 3 N–H and O–H groups in total. The molecule has 0 radical (unpaired) electrons. The summed E-state index contributed by atoms with van der Waals surface area (Å²) in [5, 5.41) is 22.2. The molecule has 1 saturated heterocycles. The molecule has 0 unspecified atom stereocenters. The summed E-state index contributed by atoms with van der Waals surface area (Å²) in [6.45, 7) is 1.91. The molecule has 1 aliphatic heterocycles. The van der Waals surface area contributed by atoms with E-state index in [1.165, 1.54) is 24.1 Å². The number of hydrogen-bond acceptors (Lipinski definition) is 10. The van der Waals surface area contributed by atoms with E-state index in [9.17, 15) is 24.6 Å². The van der Waals surface area contributed by atoms with Crippen molar-refractivity contribution < 1.29 is 29.3 Å². The number of benzene rings is 1. The maximum Gasteiger partial charge on any atom is 0.303 e. The number of ether oxygens (including phenoxy) is 1. The molecular weight excluding hydrogens is 450 g/mol. The molecule has 12 heteroatoms. The van der Waals surface area contributed by atoms with Crippen LogP contribution >= 0.6 is 11.8 Å². The monoisotopic (exact) mass is 471 g/mol. The second-order valence-corrected chi connectivity index (χ2v) is 8.81. The fourth-order valence-electron chi connectivity index (χ4n) is 3.78. The first-order valence-corrected chi connectivity index (χ1v) is 10.9. The Hall–Kier alpha value is -3.35. The number of carbonyl (C=O) groups excluding carboxylic acids is 3. The number of aromatic nitrogens is 4. The predicted octanol–water partition coefficient (Wildman–Crippen LogP) is 0.937. The number of rotatable bonds is 6. The van der Waals surface area contributed by atoms with E-state index in [0.29, 0.717) is 5.56 Å². The first kappa shape index (κ1) is 22.8. The SMILES string of the molecule is CC(=O)O[C@@H]1[C@@H](CO)S[C@@H](n2cnc3c(NC(=O)c4ccccc4)ncnc32)[C@@]1(O)C(C)=O. The number of Topliss-reactive ketones (excluding diaryl/α,β-unsaturated/α-hetero) is 1. The minimum Gasteiger partial charge on any atom is -0.458 e. The van der Waals surface area contributed by atoms with E-state index >= 15 is 0 Å². The molecule has 1 aliphatic rings. The van der Waals surface area contributed by atoms with E-state index in [2.05, 4.69) is 20.3 Å². The summed E-state index contributed by atoms with van der Waals surface area (Å²) in [6, 6.07) is 8.56. The lowest BCUT2D eigenvalue weighted by atomic mass is 9.90. The fourth-order valence-corrected chi connectivity index (χ4v) is 5.40. The Morgan fingerprint density at radius 2 is 1.91 bits per heavy atom. The summed E-state index contributed by atoms with van der Waals surface area (Å²) in [6.07, 6.45) is 1.30. The third-order valence-electron chi connectivity index (χ3n) is 5.37. The lowest BCUT2D eigenvalue weighted by Gasteiger charge is -2.32. The van der Waals surface area contributed by atoms with Crippen LogP contribution < -0.4 is 5.32 Å². The van der Waals surface area contributed by atoms with Crippen LogP contribution in [0.3, 0.4) is 0 Å². The van der Waals surface area contributed by atoms with Crippen LogP contribution in [-0.2, 0) is 14.3 Å². The van der Waals surface area contributed by atoms with Crippen LogP contribution in [0.2, 0.25) is 0 Å². The van der Waals surface area contributed by atoms with Crippen molar-refractivity contribution in [2.75, 3.05) is 11.9 Å². The van der Waals surface area contributed by atoms with Gasteiger partial charge in [-0.15, -0.1) is 11.8 Å². The number of imidazole rings is 1. The minimum atomic E-state index is -2.14. The topological polar surface area (TPSA) is 157 Å². The molecular formula is C21H21N5O6S. The molecule has 1 fully saturated rings. The van der Waals surface area contributed by atoms with Crippen molar-refractivity contribution in [2.24, 2.45) is 0 Å². The lowest BCUT2D eigenvalue weighted by molar-refractivity contribution is -0.169. The van der Waals surface area contributed by atoms with Gasteiger partial charge in [0.05, 0.1) is 18.2 Å². The molecule has 33 heavy (non-hydrogen) atoms. The average Bonchev–Trinajstić information content (AvgIpc) is 3.34. The number of amides is 1. The van der Waals surface area contributed by atoms with Crippen molar-refractivity contribution in [3.05, 3.63) is 48.5 Å². The van der Waals surface area contributed by atoms with Crippen molar-refractivity contribution in [3.63, 3.8) is 0 Å². The van der Waals surface area contributed by atoms with Gasteiger partial charge in [-0.3, -0.25) is 19.0 Å². The van der Waals surface area contributed by atoms with Crippen molar-refractivity contribution >= 4 is 46.4 Å². The number of thioether (sulfide) groups is 1. The molecule has 0 bridgehead atoms. The first-order valence-electron chi connectivity index (χ1n) is 9.98. The molecule has 3 aromatic rings. The Labute approximate surface area is 192 Å². The molecule has 1 amide bonds. The van der Waals surface area contributed by atoms with Crippen LogP contribution in [0.1, 0.15) is 29.6 Å². The van der Waals surface area contributed by atoms with Gasteiger partial charge >= 0.3 is 5.97 Å². The van der Waals surface area contributed by atoms with Gasteiger partial charge in [0.25, 0.3) is 5.91 Å². The zero-order valence-corrected chi connectivity index (χ0v) is 18.5. The molecule has 0 saturated carbocycles. The lowest BCUT2D eigenvalue weighted by Crippen LogP contribution is -2.54. The number of fused-ring (bicyclic) bond motifs is 1. The maximum atomic E-state index is 12.6. The van der Waals surface area contributed by atoms with Crippen LogP contribution in [0, 0.1) is 0 Å². The summed E-state index contributed by atoms with van der Waals surface area (Å²) in [4.78, 5) is 49.4. The zero-order chi connectivity index (χ0) is 23.8. The van der Waals surface area contributed by atoms with E-state index in [0.717, 1.165) is 18.7 Å². The molecule has 1 aromatic carbocycles. The van der Waals surface area contributed by atoms with Crippen molar-refractivity contribution in [1.29, 1.82) is 0 Å². The molecule has 0 aliphatic carbocycles. The first-order chi connectivity index (χ1) is 15.8. The van der Waals surface area contributed by atoms with Gasteiger partial charge < -0.3 is 20.3 Å². The molecule has 4 rings (SSSR count). The standard InChI is InChI=1S/C21H21N5O6S/c1-11(28)21(31)16(32-12(2)29)14(8-27)33-20(21)26-10-24-15-17(22-9-23-18(15)26)25-19(30)13-6-4-3-5-7-13/h3-7,9-10,14,16,20,27,31H,8H2,1-2H3,(H,22,23,25,30)/t14-,16-,20-,21-/m1/s1. The summed E-state index contributed by atoms with van der Waals surface area (Å²) < 4.78 is 6.70. The second kappa shape index (κ2) is 8.89. The van der Waals surface area contributed by atoms with Gasteiger partial charge in [-0.2, -0.15) is 0 Å². The van der Waals surface area contributed by atoms with Crippen LogP contribution in [-0.4, -0.2) is 71.0 Å². The molecule has 11 nitrogen and oxygen atoms in total. The van der Waals surface area contributed by atoms with Gasteiger partial charge in [0.2, 0.25) is 0 Å². The Morgan fingerprint density at radius 1 is 1.18 bits per heavy atom. The quantitative estimate of drug-likeness (QED) is 0.442. The number of aliphatic hydroxyl groups excluding tert-OH is 1. The van der Waals surface area contributed by atoms with E-state index in [1.54, 1.807) is 30.3 Å². The smallest absolute Gasteiger partial charge is 0.303 e. The summed E-state index contributed by atoms with van der Waals surface area (Å²) >= 11 is 1.06. The zero-order valence-electron chi connectivity index (χ0n) is 17.7. The molecule has 3 heterocycles. The van der Waals surface area contributed by atoms with Crippen LogP contribution in [0.4, 0.5) is 5.82 Å². The van der Waals surface area contributed by atoms with E-state index in [1.807, 2.05) is 0 Å². The second-order valence-electron chi connectivity index (χ2n) is 7.49. The minimum absolute atomic E-state index is 0.150. The predicted molar refractivity (Wildman–Crippen MR) is 118 cm³/mol. The van der Waals surface area contributed by atoms with E-state index in [4.69, 9.17) is 4.74 Å². The largest absolute Gasteiger partial charge is 0.458 e. The summed E-state index contributed by atoms with van der Waals surface area (Å²) in [5.41, 5.74) is -1.23. The number of anilines is 1. The number of carbonyl (C=O) groups is 3. The fraction of sp³-hybridized carbons (Fsp3) is 0.333. The van der Waals surface area contributed by atoms with E-state index in [-0.39, 0.29) is 17.0 Å². The van der Waals surface area contributed by atoms with Gasteiger partial charge in [-0.1, -0.05) is 18.2 Å². The number of nitrogens with zero attached hydrogens (tertiary/aromatic N) is 4. The van der Waals surface area contributed by atoms with Gasteiger partial charge in [-0.25, -0.2) is 15.0 Å². The summed E-state index contributed by atoms with van der Waals surface area (Å²) in [5.74, 6) is -1.58. The van der Waals surface area contributed by atoms with Crippen LogP contribution in [0.25, 0.3) is 11.2 Å². The highest BCUT2D eigenvalue weighted by Crippen LogP contribution is 2.51. The van der Waals surface area contributed by atoms with Crippen molar-refractivity contribution in [2.45, 2.75) is 36.2 Å². The number of aliphatic hydroxyl groups is 2. The Kier molecular flexibility index (Phi) is 6.15. The molecule has 0 spiro atoms. The normalized spacial score (nSPS) is 24.5. The number of ketones is 1. The van der Waals surface area contributed by atoms with Crippen molar-refractivity contribution in [1.82, 2.24) is 19.5 Å². The van der Waals surface area contributed by atoms with Gasteiger partial charge in [0.15, 0.2) is 34.5 Å². The number of nitrogens with one attached hydrogen (secondary N) is 1. The number of esters is 1. The van der Waals surface area contributed by atoms with Crippen molar-refractivity contribution in [3.8, 4) is 0 Å².